The number of aryl methyl sites for hydroxylation is 1. The zero-order valence-corrected chi connectivity index (χ0v) is 7.77. The van der Waals surface area contributed by atoms with Gasteiger partial charge in [-0.25, -0.2) is 0 Å². The molecule has 0 amide bonds. The lowest BCUT2D eigenvalue weighted by Gasteiger charge is -1.82. The quantitative estimate of drug-likeness (QED) is 0.470. The van der Waals surface area contributed by atoms with E-state index in [9.17, 15) is 0 Å². The molecule has 0 aliphatic carbocycles. The molecule has 1 heteroatoms. The van der Waals surface area contributed by atoms with E-state index >= 15 is 0 Å². The van der Waals surface area contributed by atoms with Crippen LogP contribution in [0.2, 0.25) is 0 Å². The highest BCUT2D eigenvalue weighted by molar-refractivity contribution is 5.11. The SMILES string of the molecule is C=CC=CC#N.Cc1ccccc1. The molecule has 0 fully saturated rings. The molecule has 0 aromatic heterocycles. The van der Waals surface area contributed by atoms with Gasteiger partial charge in [-0.15, -0.1) is 0 Å². The fourth-order valence-electron chi connectivity index (χ4n) is 0.645. The lowest BCUT2D eigenvalue weighted by molar-refractivity contribution is 1.48. The predicted molar refractivity (Wildman–Crippen MR) is 56.1 cm³/mol. The standard InChI is InChI=1S/C7H8.C5H5N/c1-7-5-3-2-4-6-7;1-2-3-4-5-6/h2-6H,1H3;2-4H,1H2. The molecule has 13 heavy (non-hydrogen) atoms. The number of hydrogen-bond acceptors (Lipinski definition) is 1. The first-order valence-electron chi connectivity index (χ1n) is 4.00. The van der Waals surface area contributed by atoms with Gasteiger partial charge in [-0.05, 0) is 6.92 Å². The largest absolute Gasteiger partial charge is 0.193 e. The van der Waals surface area contributed by atoms with Crippen molar-refractivity contribution in [1.29, 1.82) is 5.26 Å². The van der Waals surface area contributed by atoms with E-state index in [-0.39, 0.29) is 0 Å². The summed E-state index contributed by atoms with van der Waals surface area (Å²) in [6.07, 6.45) is 4.51. The highest BCUT2D eigenvalue weighted by atomic mass is 14.2. The van der Waals surface area contributed by atoms with E-state index in [2.05, 4.69) is 25.6 Å². The van der Waals surface area contributed by atoms with Crippen molar-refractivity contribution >= 4 is 0 Å². The molecule has 0 radical (unpaired) electrons. The molecule has 0 spiro atoms. The van der Waals surface area contributed by atoms with Gasteiger partial charge >= 0.3 is 0 Å². The van der Waals surface area contributed by atoms with Crippen LogP contribution in [0.15, 0.2) is 55.1 Å². The molecule has 1 aromatic rings. The van der Waals surface area contributed by atoms with Crippen LogP contribution in [0.4, 0.5) is 0 Å². The molecule has 0 saturated carbocycles. The minimum atomic E-state index is 1.32. The third kappa shape index (κ3) is 8.09. The normalized spacial score (nSPS) is 8.31. The highest BCUT2D eigenvalue weighted by Gasteiger charge is 1.72. The Hall–Kier alpha value is -1.81. The summed E-state index contributed by atoms with van der Waals surface area (Å²) in [5.41, 5.74) is 1.32. The van der Waals surface area contributed by atoms with Crippen LogP contribution in [0.3, 0.4) is 0 Å². The summed E-state index contributed by atoms with van der Waals surface area (Å²) in [6.45, 7) is 5.44. The Morgan fingerprint density at radius 2 is 1.92 bits per heavy atom. The summed E-state index contributed by atoms with van der Waals surface area (Å²) in [7, 11) is 0. The minimum Gasteiger partial charge on any atom is -0.193 e. The molecule has 0 heterocycles. The third-order valence-corrected chi connectivity index (χ3v) is 1.25. The van der Waals surface area contributed by atoms with Crippen molar-refractivity contribution in [3.05, 3.63) is 60.7 Å². The fourth-order valence-corrected chi connectivity index (χ4v) is 0.645. The molecule has 0 unspecified atom stereocenters. The van der Waals surface area contributed by atoms with Crippen LogP contribution in [0.25, 0.3) is 0 Å². The van der Waals surface area contributed by atoms with Crippen molar-refractivity contribution in [2.75, 3.05) is 0 Å². The van der Waals surface area contributed by atoms with Crippen molar-refractivity contribution in [3.8, 4) is 6.07 Å². The molecular formula is C12H13N. The van der Waals surface area contributed by atoms with Crippen LogP contribution >= 0.6 is 0 Å². The van der Waals surface area contributed by atoms with Gasteiger partial charge in [-0.1, -0.05) is 54.6 Å². The topological polar surface area (TPSA) is 23.8 Å². The Kier molecular flexibility index (Phi) is 7.13. The number of hydrogen-bond donors (Lipinski definition) is 0. The highest BCUT2D eigenvalue weighted by Crippen LogP contribution is 1.92. The number of allylic oxidation sites excluding steroid dienone is 3. The monoisotopic (exact) mass is 171 g/mol. The van der Waals surface area contributed by atoms with Crippen LogP contribution in [0, 0.1) is 18.3 Å². The molecule has 1 aromatic carbocycles. The molecule has 66 valence electrons. The first-order chi connectivity index (χ1) is 6.31. The van der Waals surface area contributed by atoms with E-state index in [0.29, 0.717) is 0 Å². The average Bonchev–Trinajstić information content (AvgIpc) is 2.17. The van der Waals surface area contributed by atoms with E-state index < -0.39 is 0 Å². The average molecular weight is 171 g/mol. The van der Waals surface area contributed by atoms with E-state index in [1.54, 1.807) is 12.2 Å². The second kappa shape index (κ2) is 8.29. The van der Waals surface area contributed by atoms with E-state index in [1.807, 2.05) is 24.3 Å². The molecule has 0 atom stereocenters. The van der Waals surface area contributed by atoms with Gasteiger partial charge in [-0.3, -0.25) is 0 Å². The van der Waals surface area contributed by atoms with Gasteiger partial charge in [0.15, 0.2) is 0 Å². The van der Waals surface area contributed by atoms with Crippen molar-refractivity contribution in [2.24, 2.45) is 0 Å². The molecule has 0 aliphatic rings. The smallest absolute Gasteiger partial charge is 0.0912 e. The Bertz CT molecular complexity index is 291. The fraction of sp³-hybridized carbons (Fsp3) is 0.0833. The number of rotatable bonds is 1. The minimum absolute atomic E-state index is 1.32. The van der Waals surface area contributed by atoms with Gasteiger partial charge in [0.25, 0.3) is 0 Å². The van der Waals surface area contributed by atoms with Crippen LogP contribution in [0.1, 0.15) is 5.56 Å². The van der Waals surface area contributed by atoms with Gasteiger partial charge < -0.3 is 0 Å². The molecule has 0 bridgehead atoms. The van der Waals surface area contributed by atoms with E-state index in [4.69, 9.17) is 5.26 Å². The Morgan fingerprint density at radius 3 is 2.15 bits per heavy atom. The molecule has 0 aliphatic heterocycles. The summed E-state index contributed by atoms with van der Waals surface area (Å²) < 4.78 is 0. The Morgan fingerprint density at radius 1 is 1.31 bits per heavy atom. The molecule has 0 N–H and O–H groups in total. The number of benzene rings is 1. The number of nitriles is 1. The molecule has 1 rings (SSSR count). The van der Waals surface area contributed by atoms with Crippen molar-refractivity contribution in [1.82, 2.24) is 0 Å². The first-order valence-corrected chi connectivity index (χ1v) is 4.00. The Balaban J connectivity index is 0.000000226. The van der Waals surface area contributed by atoms with Crippen LogP contribution in [-0.4, -0.2) is 0 Å². The summed E-state index contributed by atoms with van der Waals surface area (Å²) in [5, 5.41) is 7.81. The zero-order chi connectivity index (χ0) is 9.94. The van der Waals surface area contributed by atoms with Crippen molar-refractivity contribution < 1.29 is 0 Å². The van der Waals surface area contributed by atoms with Gasteiger partial charge in [0, 0.05) is 6.08 Å². The zero-order valence-electron chi connectivity index (χ0n) is 7.77. The van der Waals surface area contributed by atoms with Crippen LogP contribution < -0.4 is 0 Å². The number of nitrogens with zero attached hydrogens (tertiary/aromatic N) is 1. The summed E-state index contributed by atoms with van der Waals surface area (Å²) >= 11 is 0. The summed E-state index contributed by atoms with van der Waals surface area (Å²) in [4.78, 5) is 0. The van der Waals surface area contributed by atoms with Gasteiger partial charge in [0.2, 0.25) is 0 Å². The van der Waals surface area contributed by atoms with Crippen LogP contribution in [-0.2, 0) is 0 Å². The second-order valence-electron chi connectivity index (χ2n) is 2.38. The maximum absolute atomic E-state index is 7.81. The second-order valence-corrected chi connectivity index (χ2v) is 2.38. The lowest BCUT2D eigenvalue weighted by atomic mass is 10.2. The molecule has 0 saturated heterocycles. The maximum Gasteiger partial charge on any atom is 0.0912 e. The summed E-state index contributed by atoms with van der Waals surface area (Å²) in [5.74, 6) is 0. The Labute approximate surface area is 79.6 Å². The third-order valence-electron chi connectivity index (χ3n) is 1.25. The van der Waals surface area contributed by atoms with Gasteiger partial charge in [0.1, 0.15) is 0 Å². The summed E-state index contributed by atoms with van der Waals surface area (Å²) in [6, 6.07) is 12.1. The lowest BCUT2D eigenvalue weighted by Crippen LogP contribution is -1.62. The van der Waals surface area contributed by atoms with Crippen molar-refractivity contribution in [3.63, 3.8) is 0 Å². The predicted octanol–water partition coefficient (Wildman–Crippen LogP) is 3.25. The van der Waals surface area contributed by atoms with Gasteiger partial charge in [0.05, 0.1) is 6.07 Å². The maximum atomic E-state index is 7.81. The first kappa shape index (κ1) is 11.2. The molecule has 1 nitrogen and oxygen atoms in total. The van der Waals surface area contributed by atoms with Crippen molar-refractivity contribution in [2.45, 2.75) is 6.92 Å². The van der Waals surface area contributed by atoms with Crippen LogP contribution in [0.5, 0.6) is 0 Å². The van der Waals surface area contributed by atoms with E-state index in [1.165, 1.54) is 11.6 Å². The molecular weight excluding hydrogens is 158 g/mol. The van der Waals surface area contributed by atoms with Gasteiger partial charge in [-0.2, -0.15) is 5.26 Å². The van der Waals surface area contributed by atoms with E-state index in [0.717, 1.165) is 0 Å².